The molecule has 2 aromatic carbocycles. The number of aromatic nitrogens is 4. The largest absolute Gasteiger partial charge is 0.496 e. The summed E-state index contributed by atoms with van der Waals surface area (Å²) in [6.45, 7) is 0.741. The first-order valence-corrected chi connectivity index (χ1v) is 13.2. The predicted molar refractivity (Wildman–Crippen MR) is 130 cm³/mol. The Morgan fingerprint density at radius 2 is 1.97 bits per heavy atom. The van der Waals surface area contributed by atoms with Crippen LogP contribution in [0.1, 0.15) is 28.8 Å². The van der Waals surface area contributed by atoms with Crippen molar-refractivity contribution in [2.45, 2.75) is 18.3 Å². The van der Waals surface area contributed by atoms with Crippen LogP contribution in [-0.2, 0) is 19.7 Å². The molecule has 4 rings (SSSR count). The molecule has 0 bridgehead atoms. The number of carbonyl (C=O) groups excluding carboxylic acids is 1. The van der Waals surface area contributed by atoms with E-state index in [-0.39, 0.29) is 12.5 Å². The highest BCUT2D eigenvalue weighted by atomic mass is 35.5. The maximum absolute atomic E-state index is 13.6. The number of tetrazole rings is 1. The smallest absolute Gasteiger partial charge is 0.264 e. The second kappa shape index (κ2) is 10.1. The lowest BCUT2D eigenvalue weighted by Gasteiger charge is -2.30. The van der Waals surface area contributed by atoms with Crippen molar-refractivity contribution in [1.29, 1.82) is 0 Å². The summed E-state index contributed by atoms with van der Waals surface area (Å²) >= 11 is 12.4. The van der Waals surface area contributed by atoms with Gasteiger partial charge < -0.3 is 9.64 Å². The molecular formula is C22H23Cl2N5O5S. The molecule has 1 amide bonds. The molecular weight excluding hydrogens is 517 g/mol. The van der Waals surface area contributed by atoms with E-state index in [9.17, 15) is 13.2 Å². The standard InChI is InChI=1S/C22H23Cl2N5O5S/c1-33-20-6-4-16(29-14-25-26-27-29)12-17(20)21(30)28-9-7-22(13-28,8-10-34-35(2,31)32)15-3-5-18(23)19(24)11-15/h3-6,11-12,14H,7-10,13H2,1-2H3/t22-/m0/s1. The van der Waals surface area contributed by atoms with Gasteiger partial charge in [0.1, 0.15) is 12.1 Å². The van der Waals surface area contributed by atoms with Crippen LogP contribution < -0.4 is 4.74 Å². The zero-order chi connectivity index (χ0) is 25.2. The third-order valence-electron chi connectivity index (χ3n) is 6.08. The van der Waals surface area contributed by atoms with E-state index in [4.69, 9.17) is 32.1 Å². The average molecular weight is 540 g/mol. The zero-order valence-corrected chi connectivity index (χ0v) is 21.3. The number of benzene rings is 2. The van der Waals surface area contributed by atoms with Crippen molar-refractivity contribution < 1.29 is 22.1 Å². The Hall–Kier alpha value is -2.73. The van der Waals surface area contributed by atoms with Crippen molar-refractivity contribution in [2.24, 2.45) is 0 Å². The lowest BCUT2D eigenvalue weighted by molar-refractivity contribution is 0.0777. The van der Waals surface area contributed by atoms with Crippen molar-refractivity contribution in [2.75, 3.05) is 33.1 Å². The number of likely N-dealkylation sites (tertiary alicyclic amines) is 1. The molecule has 1 saturated heterocycles. The van der Waals surface area contributed by atoms with Gasteiger partial charge in [0, 0.05) is 18.5 Å². The number of amides is 1. The molecule has 1 fully saturated rings. The molecule has 3 aromatic rings. The second-order valence-electron chi connectivity index (χ2n) is 8.30. The molecule has 1 aromatic heterocycles. The molecule has 0 spiro atoms. The van der Waals surface area contributed by atoms with Crippen molar-refractivity contribution in [3.05, 3.63) is 63.9 Å². The van der Waals surface area contributed by atoms with E-state index < -0.39 is 15.5 Å². The first kappa shape index (κ1) is 25.4. The molecule has 1 aliphatic rings. The van der Waals surface area contributed by atoms with Gasteiger partial charge in [0.2, 0.25) is 0 Å². The summed E-state index contributed by atoms with van der Waals surface area (Å²) in [5, 5.41) is 11.9. The monoisotopic (exact) mass is 539 g/mol. The Kier molecular flexibility index (Phi) is 7.32. The molecule has 0 aliphatic carbocycles. The maximum Gasteiger partial charge on any atom is 0.264 e. The Morgan fingerprint density at radius 3 is 2.63 bits per heavy atom. The van der Waals surface area contributed by atoms with Crippen molar-refractivity contribution in [1.82, 2.24) is 25.1 Å². The summed E-state index contributed by atoms with van der Waals surface area (Å²) in [7, 11) is -2.12. The van der Waals surface area contributed by atoms with Crippen molar-refractivity contribution >= 4 is 39.2 Å². The van der Waals surface area contributed by atoms with E-state index in [1.54, 1.807) is 35.2 Å². The molecule has 0 unspecified atom stereocenters. The molecule has 1 aliphatic heterocycles. The summed E-state index contributed by atoms with van der Waals surface area (Å²) in [5.74, 6) is 0.182. The van der Waals surface area contributed by atoms with Crippen molar-refractivity contribution in [3.63, 3.8) is 0 Å². The quantitative estimate of drug-likeness (QED) is 0.400. The molecule has 0 saturated carbocycles. The van der Waals surface area contributed by atoms with Gasteiger partial charge in [-0.2, -0.15) is 8.42 Å². The van der Waals surface area contributed by atoms with Gasteiger partial charge in [-0.05, 0) is 59.2 Å². The SMILES string of the molecule is COc1ccc(-n2cnnn2)cc1C(=O)N1CC[C@@](CCOS(C)(=O)=O)(c2ccc(Cl)c(Cl)c2)C1. The molecule has 0 radical (unpaired) electrons. The highest BCUT2D eigenvalue weighted by Crippen LogP contribution is 2.41. The van der Waals surface area contributed by atoms with Gasteiger partial charge in [-0.1, -0.05) is 29.3 Å². The fourth-order valence-electron chi connectivity index (χ4n) is 4.30. The number of carbonyl (C=O) groups is 1. The minimum absolute atomic E-state index is 0.0286. The first-order chi connectivity index (χ1) is 16.6. The third kappa shape index (κ3) is 5.58. The van der Waals surface area contributed by atoms with Crippen LogP contribution in [0.2, 0.25) is 10.0 Å². The minimum atomic E-state index is -3.61. The van der Waals surface area contributed by atoms with Crippen LogP contribution in [0.5, 0.6) is 5.75 Å². The molecule has 35 heavy (non-hydrogen) atoms. The topological polar surface area (TPSA) is 117 Å². The maximum atomic E-state index is 13.6. The molecule has 0 N–H and O–H groups in total. The van der Waals surface area contributed by atoms with Gasteiger partial charge in [0.15, 0.2) is 0 Å². The minimum Gasteiger partial charge on any atom is -0.496 e. The fourth-order valence-corrected chi connectivity index (χ4v) is 4.98. The summed E-state index contributed by atoms with van der Waals surface area (Å²) in [5.41, 5.74) is 1.25. The number of nitrogens with zero attached hydrogens (tertiary/aromatic N) is 5. The van der Waals surface area contributed by atoms with Crippen LogP contribution in [0.3, 0.4) is 0 Å². The summed E-state index contributed by atoms with van der Waals surface area (Å²) in [6.07, 6.45) is 3.39. The van der Waals surface area contributed by atoms with Gasteiger partial charge in [-0.25, -0.2) is 4.68 Å². The van der Waals surface area contributed by atoms with E-state index in [1.165, 1.54) is 18.1 Å². The van der Waals surface area contributed by atoms with Crippen LogP contribution >= 0.6 is 23.2 Å². The zero-order valence-electron chi connectivity index (χ0n) is 19.0. The van der Waals surface area contributed by atoms with Gasteiger partial charge in [-0.15, -0.1) is 5.10 Å². The molecule has 186 valence electrons. The van der Waals surface area contributed by atoms with E-state index in [0.717, 1.165) is 11.8 Å². The fraction of sp³-hybridized carbons (Fsp3) is 0.364. The molecule has 13 heteroatoms. The van der Waals surface area contributed by atoms with E-state index in [1.807, 2.05) is 6.07 Å². The lowest BCUT2D eigenvalue weighted by atomic mass is 9.77. The number of hydrogen-bond acceptors (Lipinski definition) is 8. The molecule has 2 heterocycles. The summed E-state index contributed by atoms with van der Waals surface area (Å²) in [4.78, 5) is 15.3. The number of hydrogen-bond donors (Lipinski definition) is 0. The predicted octanol–water partition coefficient (Wildman–Crippen LogP) is 3.13. The number of rotatable bonds is 8. The average Bonchev–Trinajstić information content (AvgIpc) is 3.50. The Labute approximate surface area is 212 Å². The second-order valence-corrected chi connectivity index (χ2v) is 10.8. The molecule has 1 atom stereocenters. The Bertz CT molecular complexity index is 1340. The third-order valence-corrected chi connectivity index (χ3v) is 7.41. The van der Waals surface area contributed by atoms with Gasteiger partial charge in [0.25, 0.3) is 16.0 Å². The van der Waals surface area contributed by atoms with Crippen LogP contribution in [0.15, 0.2) is 42.7 Å². The van der Waals surface area contributed by atoms with Crippen LogP contribution in [0, 0.1) is 0 Å². The number of halogens is 2. The van der Waals surface area contributed by atoms with Gasteiger partial charge in [0.05, 0.1) is 41.3 Å². The summed E-state index contributed by atoms with van der Waals surface area (Å²) in [6, 6.07) is 10.4. The van der Waals surface area contributed by atoms with Crippen molar-refractivity contribution in [3.8, 4) is 11.4 Å². The highest BCUT2D eigenvalue weighted by Gasteiger charge is 2.42. The van der Waals surface area contributed by atoms with E-state index >= 15 is 0 Å². The summed E-state index contributed by atoms with van der Waals surface area (Å²) < 4.78 is 35.0. The van der Waals surface area contributed by atoms with Gasteiger partial charge >= 0.3 is 0 Å². The van der Waals surface area contributed by atoms with Crippen LogP contribution in [-0.4, -0.2) is 72.5 Å². The number of ether oxygens (including phenoxy) is 1. The molecule has 10 nitrogen and oxygen atoms in total. The van der Waals surface area contributed by atoms with E-state index in [2.05, 4.69) is 15.5 Å². The Balaban J connectivity index is 1.65. The normalized spacial score (nSPS) is 18.1. The van der Waals surface area contributed by atoms with Gasteiger partial charge in [-0.3, -0.25) is 8.98 Å². The number of methoxy groups -OCH3 is 1. The van der Waals surface area contributed by atoms with Crippen LogP contribution in [0.25, 0.3) is 5.69 Å². The first-order valence-electron chi connectivity index (χ1n) is 10.6. The van der Waals surface area contributed by atoms with E-state index in [0.29, 0.717) is 53.0 Å². The Morgan fingerprint density at radius 1 is 1.17 bits per heavy atom. The van der Waals surface area contributed by atoms with Crippen LogP contribution in [0.4, 0.5) is 0 Å². The highest BCUT2D eigenvalue weighted by molar-refractivity contribution is 7.85. The lowest BCUT2D eigenvalue weighted by Crippen LogP contribution is -2.36.